The average Bonchev–Trinajstić information content (AvgIpc) is 2.74. The maximum Gasteiger partial charge on any atom is 0.154 e. The molecule has 0 aliphatic heterocycles. The van der Waals surface area contributed by atoms with Gasteiger partial charge < -0.3 is 4.57 Å². The van der Waals surface area contributed by atoms with Crippen LogP contribution in [0.3, 0.4) is 0 Å². The third-order valence-electron chi connectivity index (χ3n) is 3.29. The van der Waals surface area contributed by atoms with Crippen LogP contribution < -0.4 is 0 Å². The number of rotatable bonds is 5. The molecule has 0 saturated heterocycles. The summed E-state index contributed by atoms with van der Waals surface area (Å²) in [7, 11) is -3.11. The van der Waals surface area contributed by atoms with Crippen LogP contribution in [0.4, 0.5) is 0 Å². The van der Waals surface area contributed by atoms with E-state index in [0.29, 0.717) is 12.4 Å². The zero-order chi connectivity index (χ0) is 14.8. The van der Waals surface area contributed by atoms with E-state index in [4.69, 9.17) is 5.26 Å². The van der Waals surface area contributed by atoms with Crippen molar-refractivity contribution >= 4 is 20.9 Å². The largest absolute Gasteiger partial charge is 0.326 e. The second kappa shape index (κ2) is 5.63. The highest BCUT2D eigenvalue weighted by Crippen LogP contribution is 2.17. The van der Waals surface area contributed by atoms with Crippen LogP contribution in [0.15, 0.2) is 24.3 Å². The van der Waals surface area contributed by atoms with Gasteiger partial charge in [0, 0.05) is 6.54 Å². The van der Waals surface area contributed by atoms with E-state index in [1.165, 1.54) is 0 Å². The van der Waals surface area contributed by atoms with Crippen LogP contribution in [0.25, 0.3) is 11.0 Å². The summed E-state index contributed by atoms with van der Waals surface area (Å²) in [5, 5.41) is 8.47. The van der Waals surface area contributed by atoms with Crippen molar-refractivity contribution in [2.24, 2.45) is 0 Å². The summed E-state index contributed by atoms with van der Waals surface area (Å²) in [6.07, 6.45) is 0.177. The quantitative estimate of drug-likeness (QED) is 0.843. The standard InChI is InChI=1S/C14H17N3O2S/c1-11(2)20(18,19)10-9-17-13-6-4-3-5-12(13)16-14(17)7-8-15/h3-6,11H,7,9-10H2,1-2H3. The van der Waals surface area contributed by atoms with Gasteiger partial charge in [0.05, 0.1) is 34.5 Å². The van der Waals surface area contributed by atoms with Crippen molar-refractivity contribution in [1.82, 2.24) is 9.55 Å². The van der Waals surface area contributed by atoms with Gasteiger partial charge in [0.25, 0.3) is 0 Å². The third-order valence-corrected chi connectivity index (χ3v) is 5.48. The molecule has 1 heterocycles. The number of aromatic nitrogens is 2. The highest BCUT2D eigenvalue weighted by molar-refractivity contribution is 7.91. The Hall–Kier alpha value is -1.87. The molecule has 5 nitrogen and oxygen atoms in total. The van der Waals surface area contributed by atoms with E-state index in [1.807, 2.05) is 28.8 Å². The van der Waals surface area contributed by atoms with Crippen LogP contribution in [-0.4, -0.2) is 29.0 Å². The predicted molar refractivity (Wildman–Crippen MR) is 78.0 cm³/mol. The molecule has 1 aromatic carbocycles. The Morgan fingerprint density at radius 1 is 1.35 bits per heavy atom. The lowest BCUT2D eigenvalue weighted by Crippen LogP contribution is -2.21. The van der Waals surface area contributed by atoms with Gasteiger partial charge in [-0.15, -0.1) is 0 Å². The summed E-state index contributed by atoms with van der Waals surface area (Å²) < 4.78 is 25.7. The predicted octanol–water partition coefficient (Wildman–Crippen LogP) is 1.93. The van der Waals surface area contributed by atoms with E-state index < -0.39 is 15.1 Å². The number of benzene rings is 1. The van der Waals surface area contributed by atoms with Gasteiger partial charge in [-0.25, -0.2) is 13.4 Å². The van der Waals surface area contributed by atoms with Crippen LogP contribution in [-0.2, 0) is 22.8 Å². The Morgan fingerprint density at radius 3 is 2.70 bits per heavy atom. The summed E-state index contributed by atoms with van der Waals surface area (Å²) in [6.45, 7) is 3.69. The zero-order valence-corrected chi connectivity index (χ0v) is 12.4. The van der Waals surface area contributed by atoms with E-state index in [2.05, 4.69) is 11.1 Å². The van der Waals surface area contributed by atoms with Crippen molar-refractivity contribution < 1.29 is 8.42 Å². The molecular weight excluding hydrogens is 274 g/mol. The highest BCUT2D eigenvalue weighted by atomic mass is 32.2. The average molecular weight is 291 g/mol. The van der Waals surface area contributed by atoms with Crippen LogP contribution in [0.2, 0.25) is 0 Å². The molecule has 2 aromatic rings. The van der Waals surface area contributed by atoms with E-state index >= 15 is 0 Å². The Balaban J connectivity index is 2.38. The van der Waals surface area contributed by atoms with Crippen LogP contribution in [0.5, 0.6) is 0 Å². The van der Waals surface area contributed by atoms with Crippen molar-refractivity contribution in [3.8, 4) is 6.07 Å². The van der Waals surface area contributed by atoms with Gasteiger partial charge in [0.2, 0.25) is 0 Å². The van der Waals surface area contributed by atoms with Crippen molar-refractivity contribution in [1.29, 1.82) is 5.26 Å². The van der Waals surface area contributed by atoms with Gasteiger partial charge in [-0.3, -0.25) is 0 Å². The molecule has 106 valence electrons. The van der Waals surface area contributed by atoms with Crippen molar-refractivity contribution in [2.75, 3.05) is 5.75 Å². The minimum absolute atomic E-state index is 0.0590. The van der Waals surface area contributed by atoms with Crippen LogP contribution in [0.1, 0.15) is 19.7 Å². The zero-order valence-electron chi connectivity index (χ0n) is 11.6. The molecule has 6 heteroatoms. The monoisotopic (exact) mass is 291 g/mol. The maximum atomic E-state index is 11.9. The molecular formula is C14H17N3O2S. The molecule has 1 aromatic heterocycles. The Kier molecular flexibility index (Phi) is 4.09. The van der Waals surface area contributed by atoms with E-state index in [0.717, 1.165) is 11.0 Å². The summed E-state index contributed by atoms with van der Waals surface area (Å²) in [6, 6.07) is 9.59. The van der Waals surface area contributed by atoms with Crippen molar-refractivity contribution in [3.05, 3.63) is 30.1 Å². The Bertz CT molecular complexity index is 754. The molecule has 0 fully saturated rings. The van der Waals surface area contributed by atoms with Gasteiger partial charge in [-0.2, -0.15) is 5.26 Å². The number of nitrogens with zero attached hydrogens (tertiary/aromatic N) is 3. The smallest absolute Gasteiger partial charge is 0.154 e. The topological polar surface area (TPSA) is 75.8 Å². The fourth-order valence-electron chi connectivity index (χ4n) is 2.03. The van der Waals surface area contributed by atoms with Gasteiger partial charge in [-0.05, 0) is 26.0 Å². The molecule has 2 rings (SSSR count). The lowest BCUT2D eigenvalue weighted by Gasteiger charge is -2.10. The second-order valence-electron chi connectivity index (χ2n) is 4.92. The molecule has 0 atom stereocenters. The Morgan fingerprint density at radius 2 is 2.05 bits per heavy atom. The number of nitriles is 1. The van der Waals surface area contributed by atoms with Crippen molar-refractivity contribution in [3.63, 3.8) is 0 Å². The number of hydrogen-bond donors (Lipinski definition) is 0. The van der Waals surface area contributed by atoms with E-state index in [-0.39, 0.29) is 12.2 Å². The second-order valence-corrected chi connectivity index (χ2v) is 7.60. The molecule has 0 spiro atoms. The highest BCUT2D eigenvalue weighted by Gasteiger charge is 2.18. The van der Waals surface area contributed by atoms with Crippen LogP contribution in [0, 0.1) is 11.3 Å². The SMILES string of the molecule is CC(C)S(=O)(=O)CCn1c(CC#N)nc2ccccc21. The minimum atomic E-state index is -3.11. The molecule has 0 radical (unpaired) electrons. The number of para-hydroxylation sites is 2. The van der Waals surface area contributed by atoms with E-state index in [1.54, 1.807) is 13.8 Å². The number of aryl methyl sites for hydroxylation is 1. The van der Waals surface area contributed by atoms with Gasteiger partial charge >= 0.3 is 0 Å². The summed E-state index contributed by atoms with van der Waals surface area (Å²) >= 11 is 0. The maximum absolute atomic E-state index is 11.9. The molecule has 0 aliphatic carbocycles. The van der Waals surface area contributed by atoms with Crippen molar-refractivity contribution in [2.45, 2.75) is 32.1 Å². The minimum Gasteiger partial charge on any atom is -0.326 e. The first kappa shape index (κ1) is 14.5. The molecule has 20 heavy (non-hydrogen) atoms. The lowest BCUT2D eigenvalue weighted by molar-refractivity contribution is 0.580. The number of hydrogen-bond acceptors (Lipinski definition) is 4. The third kappa shape index (κ3) is 2.83. The summed E-state index contributed by atoms with van der Waals surface area (Å²) in [5.74, 6) is 0.677. The molecule has 0 aliphatic rings. The van der Waals surface area contributed by atoms with E-state index in [9.17, 15) is 8.42 Å². The molecule has 0 amide bonds. The first-order valence-corrected chi connectivity index (χ1v) is 8.20. The number of sulfone groups is 1. The number of imidazole rings is 1. The first-order chi connectivity index (χ1) is 9.45. The molecule has 0 N–H and O–H groups in total. The molecule has 0 bridgehead atoms. The first-order valence-electron chi connectivity index (χ1n) is 6.48. The molecule has 0 unspecified atom stereocenters. The summed E-state index contributed by atoms with van der Waals surface area (Å²) in [5.41, 5.74) is 1.66. The van der Waals surface area contributed by atoms with Crippen LogP contribution >= 0.6 is 0 Å². The fraction of sp³-hybridized carbons (Fsp3) is 0.429. The Labute approximate surface area is 118 Å². The lowest BCUT2D eigenvalue weighted by atomic mass is 10.3. The fourth-order valence-corrected chi connectivity index (χ4v) is 2.94. The van der Waals surface area contributed by atoms with Gasteiger partial charge in [0.15, 0.2) is 9.84 Å². The van der Waals surface area contributed by atoms with Gasteiger partial charge in [-0.1, -0.05) is 12.1 Å². The normalized spacial score (nSPS) is 11.9. The molecule has 0 saturated carbocycles. The summed E-state index contributed by atoms with van der Waals surface area (Å²) in [4.78, 5) is 4.39. The van der Waals surface area contributed by atoms with Gasteiger partial charge in [0.1, 0.15) is 5.82 Å². The number of fused-ring (bicyclic) bond motifs is 1.